The number of benzene rings is 1. The second-order valence-corrected chi connectivity index (χ2v) is 5.18. The Bertz CT molecular complexity index is 595. The zero-order chi connectivity index (χ0) is 12.7. The molecule has 18 heavy (non-hydrogen) atoms. The van der Waals surface area contributed by atoms with Crippen LogP contribution in [0.5, 0.6) is 0 Å². The summed E-state index contributed by atoms with van der Waals surface area (Å²) in [6.07, 6.45) is 2.14. The number of rotatable bonds is 3. The first-order chi connectivity index (χ1) is 8.70. The van der Waals surface area contributed by atoms with E-state index in [1.165, 1.54) is 6.07 Å². The predicted octanol–water partition coefficient (Wildman–Crippen LogP) is 2.67. The molecular weight excluding hydrogens is 301 g/mol. The van der Waals surface area contributed by atoms with E-state index in [1.54, 1.807) is 12.1 Å². The third-order valence-corrected chi connectivity index (χ3v) is 3.61. The molecule has 1 heterocycles. The standard InChI is InChI=1S/C12H11BrFN3O/c13-9-5-7(1-4-10(9)14)12-16-15-11(6-18)17(12)8-2-3-8/h1,4-5,8,18H,2-3,6H2. The minimum absolute atomic E-state index is 0.133. The first-order valence-corrected chi connectivity index (χ1v) is 6.50. The number of aliphatic hydroxyl groups is 1. The van der Waals surface area contributed by atoms with Crippen LogP contribution in [-0.2, 0) is 6.61 Å². The fourth-order valence-electron chi connectivity index (χ4n) is 1.98. The van der Waals surface area contributed by atoms with Gasteiger partial charge in [-0.1, -0.05) is 0 Å². The molecule has 4 nitrogen and oxygen atoms in total. The molecule has 6 heteroatoms. The van der Waals surface area contributed by atoms with E-state index < -0.39 is 0 Å². The van der Waals surface area contributed by atoms with Crippen molar-refractivity contribution in [3.8, 4) is 11.4 Å². The van der Waals surface area contributed by atoms with E-state index in [-0.39, 0.29) is 12.4 Å². The number of halogens is 2. The highest BCUT2D eigenvalue weighted by molar-refractivity contribution is 9.10. The molecule has 0 radical (unpaired) electrons. The third-order valence-electron chi connectivity index (χ3n) is 3.00. The van der Waals surface area contributed by atoms with Crippen LogP contribution in [0.1, 0.15) is 24.7 Å². The second-order valence-electron chi connectivity index (χ2n) is 4.33. The van der Waals surface area contributed by atoms with Crippen LogP contribution in [0.4, 0.5) is 4.39 Å². The SMILES string of the molecule is OCc1nnc(-c2ccc(F)c(Br)c2)n1C1CC1. The van der Waals surface area contributed by atoms with Gasteiger partial charge >= 0.3 is 0 Å². The molecule has 1 N–H and O–H groups in total. The van der Waals surface area contributed by atoms with Crippen LogP contribution in [0.2, 0.25) is 0 Å². The Morgan fingerprint density at radius 3 is 2.78 bits per heavy atom. The van der Waals surface area contributed by atoms with Crippen molar-refractivity contribution in [3.63, 3.8) is 0 Å². The molecule has 0 unspecified atom stereocenters. The molecule has 0 spiro atoms. The number of aromatic nitrogens is 3. The minimum Gasteiger partial charge on any atom is -0.388 e. The van der Waals surface area contributed by atoms with Crippen molar-refractivity contribution in [1.82, 2.24) is 14.8 Å². The summed E-state index contributed by atoms with van der Waals surface area (Å²) in [7, 11) is 0. The van der Waals surface area contributed by atoms with Crippen LogP contribution < -0.4 is 0 Å². The normalized spacial score (nSPS) is 15.1. The predicted molar refractivity (Wildman–Crippen MR) is 67.3 cm³/mol. The first kappa shape index (κ1) is 11.8. The van der Waals surface area contributed by atoms with Gasteiger partial charge in [-0.3, -0.25) is 0 Å². The fraction of sp³-hybridized carbons (Fsp3) is 0.333. The van der Waals surface area contributed by atoms with E-state index in [9.17, 15) is 9.50 Å². The van der Waals surface area contributed by atoms with Gasteiger partial charge in [-0.25, -0.2) is 4.39 Å². The van der Waals surface area contributed by atoms with Crippen molar-refractivity contribution in [2.75, 3.05) is 0 Å². The molecule has 1 aliphatic rings. The third kappa shape index (κ3) is 1.95. The maximum Gasteiger partial charge on any atom is 0.164 e. The van der Waals surface area contributed by atoms with Gasteiger partial charge in [0.15, 0.2) is 11.6 Å². The molecule has 1 saturated carbocycles. The molecule has 1 aliphatic carbocycles. The average Bonchev–Trinajstić information content (AvgIpc) is 3.12. The summed E-state index contributed by atoms with van der Waals surface area (Å²) in [5.41, 5.74) is 0.794. The lowest BCUT2D eigenvalue weighted by Crippen LogP contribution is -2.03. The molecule has 3 rings (SSSR count). The zero-order valence-corrected chi connectivity index (χ0v) is 11.1. The summed E-state index contributed by atoms with van der Waals surface area (Å²) in [6.45, 7) is -0.133. The first-order valence-electron chi connectivity index (χ1n) is 5.70. The van der Waals surface area contributed by atoms with E-state index in [4.69, 9.17) is 0 Å². The molecule has 0 amide bonds. The van der Waals surface area contributed by atoms with Crippen LogP contribution in [0, 0.1) is 5.82 Å². The van der Waals surface area contributed by atoms with Crippen LogP contribution in [0.25, 0.3) is 11.4 Å². The Hall–Kier alpha value is -1.27. The molecule has 94 valence electrons. The fourth-order valence-corrected chi connectivity index (χ4v) is 2.36. The van der Waals surface area contributed by atoms with Crippen molar-refractivity contribution in [2.24, 2.45) is 0 Å². The summed E-state index contributed by atoms with van der Waals surface area (Å²) in [4.78, 5) is 0. The molecule has 0 atom stereocenters. The highest BCUT2D eigenvalue weighted by Crippen LogP contribution is 2.39. The lowest BCUT2D eigenvalue weighted by Gasteiger charge is -2.08. The van der Waals surface area contributed by atoms with Gasteiger partial charge in [0.1, 0.15) is 12.4 Å². The molecule has 1 fully saturated rings. The molecule has 0 bridgehead atoms. The molecule has 1 aromatic carbocycles. The van der Waals surface area contributed by atoms with Crippen molar-refractivity contribution >= 4 is 15.9 Å². The van der Waals surface area contributed by atoms with Crippen molar-refractivity contribution in [2.45, 2.75) is 25.5 Å². The average molecular weight is 312 g/mol. The largest absolute Gasteiger partial charge is 0.388 e. The van der Waals surface area contributed by atoms with Crippen molar-refractivity contribution < 1.29 is 9.50 Å². The van der Waals surface area contributed by atoms with Gasteiger partial charge in [0.25, 0.3) is 0 Å². The Kier molecular flexibility index (Phi) is 2.91. The van der Waals surface area contributed by atoms with Crippen molar-refractivity contribution in [3.05, 3.63) is 34.3 Å². The number of aliphatic hydroxyl groups excluding tert-OH is 1. The van der Waals surface area contributed by atoms with Gasteiger partial charge < -0.3 is 9.67 Å². The summed E-state index contributed by atoms with van der Waals surface area (Å²) >= 11 is 3.16. The van der Waals surface area contributed by atoms with E-state index in [1.807, 2.05) is 4.57 Å². The van der Waals surface area contributed by atoms with Crippen LogP contribution >= 0.6 is 15.9 Å². The number of hydrogen-bond acceptors (Lipinski definition) is 3. The van der Waals surface area contributed by atoms with Gasteiger partial charge in [-0.15, -0.1) is 10.2 Å². The van der Waals surface area contributed by atoms with Gasteiger partial charge in [0.2, 0.25) is 0 Å². The highest BCUT2D eigenvalue weighted by Gasteiger charge is 2.29. The van der Waals surface area contributed by atoms with Gasteiger partial charge in [-0.2, -0.15) is 0 Å². The monoisotopic (exact) mass is 311 g/mol. The Morgan fingerprint density at radius 1 is 1.39 bits per heavy atom. The minimum atomic E-state index is -0.307. The molecule has 0 saturated heterocycles. The summed E-state index contributed by atoms with van der Waals surface area (Å²) in [5, 5.41) is 17.3. The quantitative estimate of drug-likeness (QED) is 0.948. The lowest BCUT2D eigenvalue weighted by molar-refractivity contribution is 0.265. The number of hydrogen-bond donors (Lipinski definition) is 1. The summed E-state index contributed by atoms with van der Waals surface area (Å²) < 4.78 is 15.6. The maximum absolute atomic E-state index is 13.2. The Morgan fingerprint density at radius 2 is 2.17 bits per heavy atom. The molecule has 2 aromatic rings. The van der Waals surface area contributed by atoms with Crippen LogP contribution in [-0.4, -0.2) is 19.9 Å². The second kappa shape index (κ2) is 4.44. The van der Waals surface area contributed by atoms with E-state index in [2.05, 4.69) is 26.1 Å². The summed E-state index contributed by atoms with van der Waals surface area (Å²) in [6, 6.07) is 5.11. The Labute approximate surface area is 112 Å². The molecule has 0 aliphatic heterocycles. The Balaban J connectivity index is 2.10. The summed E-state index contributed by atoms with van der Waals surface area (Å²) in [5.74, 6) is 0.939. The molecule has 1 aromatic heterocycles. The molecular formula is C12H11BrFN3O. The zero-order valence-electron chi connectivity index (χ0n) is 9.48. The van der Waals surface area contributed by atoms with E-state index >= 15 is 0 Å². The number of nitrogens with zero attached hydrogens (tertiary/aromatic N) is 3. The maximum atomic E-state index is 13.2. The smallest absolute Gasteiger partial charge is 0.164 e. The van der Waals surface area contributed by atoms with Crippen molar-refractivity contribution in [1.29, 1.82) is 0 Å². The van der Waals surface area contributed by atoms with Crippen LogP contribution in [0.15, 0.2) is 22.7 Å². The van der Waals surface area contributed by atoms with E-state index in [0.717, 1.165) is 18.4 Å². The van der Waals surface area contributed by atoms with Gasteiger partial charge in [0, 0.05) is 11.6 Å². The lowest BCUT2D eigenvalue weighted by atomic mass is 10.2. The topological polar surface area (TPSA) is 50.9 Å². The van der Waals surface area contributed by atoms with E-state index in [0.29, 0.717) is 22.2 Å². The highest BCUT2D eigenvalue weighted by atomic mass is 79.9. The van der Waals surface area contributed by atoms with Gasteiger partial charge in [-0.05, 0) is 47.0 Å². The van der Waals surface area contributed by atoms with Gasteiger partial charge in [0.05, 0.1) is 4.47 Å². The van der Waals surface area contributed by atoms with Crippen LogP contribution in [0.3, 0.4) is 0 Å².